The third kappa shape index (κ3) is 0.956. The summed E-state index contributed by atoms with van der Waals surface area (Å²) in [6, 6.07) is 0. The van der Waals surface area contributed by atoms with Gasteiger partial charge in [0.1, 0.15) is 0 Å². The molecule has 2 aliphatic rings. The Hall–Kier alpha value is -0.0800. The highest BCUT2D eigenvalue weighted by molar-refractivity contribution is 7.84. The lowest BCUT2D eigenvalue weighted by Crippen LogP contribution is -1.68. The molecule has 2 rings (SSSR count). The highest BCUT2D eigenvalue weighted by atomic mass is 32.1. The Balaban J connectivity index is 2.28. The van der Waals surface area contributed by atoms with Crippen LogP contribution < -0.4 is 0 Å². The highest BCUT2D eigenvalue weighted by Gasteiger charge is 2.17. The van der Waals surface area contributed by atoms with E-state index in [-0.39, 0.29) is 0 Å². The predicted molar refractivity (Wildman–Crippen MR) is 50.4 cm³/mol. The molecule has 0 saturated heterocycles. The Morgan fingerprint density at radius 3 is 1.70 bits per heavy atom. The summed E-state index contributed by atoms with van der Waals surface area (Å²) in [5.74, 6) is 0. The fourth-order valence-corrected chi connectivity index (χ4v) is 2.06. The van der Waals surface area contributed by atoms with Gasteiger partial charge < -0.3 is 0 Å². The van der Waals surface area contributed by atoms with Gasteiger partial charge in [-0.15, -0.1) is 25.3 Å². The maximum atomic E-state index is 4.29. The van der Waals surface area contributed by atoms with Gasteiger partial charge in [-0.25, -0.2) is 0 Å². The van der Waals surface area contributed by atoms with Gasteiger partial charge in [-0.1, -0.05) is 0 Å². The summed E-state index contributed by atoms with van der Waals surface area (Å²) in [5, 5.41) is 0. The average Bonchev–Trinajstić information content (AvgIpc) is 2.21. The van der Waals surface area contributed by atoms with E-state index in [9.17, 15) is 0 Å². The zero-order valence-corrected chi connectivity index (χ0v) is 7.25. The number of rotatable bonds is 0. The first kappa shape index (κ1) is 6.62. The van der Waals surface area contributed by atoms with Crippen LogP contribution in [0.3, 0.4) is 0 Å². The highest BCUT2D eigenvalue weighted by Crippen LogP contribution is 2.38. The Bertz CT molecular complexity index is 241. The van der Waals surface area contributed by atoms with Gasteiger partial charge in [-0.3, -0.25) is 0 Å². The van der Waals surface area contributed by atoms with Gasteiger partial charge in [0.25, 0.3) is 0 Å². The van der Waals surface area contributed by atoms with Crippen LogP contribution >= 0.6 is 25.3 Å². The molecule has 2 aliphatic carbocycles. The Labute approximate surface area is 71.5 Å². The van der Waals surface area contributed by atoms with E-state index in [1.165, 1.54) is 21.0 Å². The fourth-order valence-electron chi connectivity index (χ4n) is 1.41. The first-order valence-corrected chi connectivity index (χ1v) is 4.16. The van der Waals surface area contributed by atoms with Crippen LogP contribution in [0.1, 0.15) is 12.8 Å². The molecular weight excluding hydrogens is 160 g/mol. The predicted octanol–water partition coefficient (Wildman–Crippen LogP) is 2.72. The monoisotopic (exact) mass is 168 g/mol. The molecule has 0 amide bonds. The van der Waals surface area contributed by atoms with Crippen LogP contribution in [0.15, 0.2) is 33.1 Å². The molecule has 0 aromatic rings. The summed E-state index contributed by atoms with van der Waals surface area (Å²) in [5.41, 5.74) is 2.82. The molecule has 0 heterocycles. The van der Waals surface area contributed by atoms with Crippen LogP contribution in [0.5, 0.6) is 0 Å². The zero-order chi connectivity index (χ0) is 7.14. The lowest BCUT2D eigenvalue weighted by atomic mass is 10.2. The number of allylic oxidation sites excluding steroid dienone is 6. The third-order valence-electron chi connectivity index (χ3n) is 1.84. The second-order valence-corrected chi connectivity index (χ2v) is 3.82. The van der Waals surface area contributed by atoms with Crippen molar-refractivity contribution < 1.29 is 0 Å². The minimum atomic E-state index is 1.02. The van der Waals surface area contributed by atoms with Crippen LogP contribution in [0.4, 0.5) is 0 Å². The summed E-state index contributed by atoms with van der Waals surface area (Å²) < 4.78 is 0. The summed E-state index contributed by atoms with van der Waals surface area (Å²) >= 11 is 8.59. The van der Waals surface area contributed by atoms with Gasteiger partial charge in [0.05, 0.1) is 0 Å². The van der Waals surface area contributed by atoms with Gasteiger partial charge in [-0.2, -0.15) is 0 Å². The second-order valence-electron chi connectivity index (χ2n) is 2.68. The maximum absolute atomic E-state index is 4.29. The number of hydrogen-bond acceptors (Lipinski definition) is 2. The molecule has 0 spiro atoms. The van der Waals surface area contributed by atoms with E-state index in [2.05, 4.69) is 37.4 Å². The Morgan fingerprint density at radius 1 is 0.900 bits per heavy atom. The van der Waals surface area contributed by atoms with Crippen molar-refractivity contribution in [2.45, 2.75) is 12.8 Å². The third-order valence-corrected chi connectivity index (χ3v) is 2.41. The van der Waals surface area contributed by atoms with E-state index < -0.39 is 0 Å². The molecule has 0 atom stereocenters. The van der Waals surface area contributed by atoms with Crippen molar-refractivity contribution in [1.29, 1.82) is 0 Å². The van der Waals surface area contributed by atoms with Crippen LogP contribution in [-0.4, -0.2) is 0 Å². The largest absolute Gasteiger partial charge is 0.148 e. The number of hydrogen-bond donors (Lipinski definition) is 2. The molecule has 10 heavy (non-hydrogen) atoms. The first-order chi connectivity index (χ1) is 4.75. The molecule has 0 bridgehead atoms. The summed E-state index contributed by atoms with van der Waals surface area (Å²) in [7, 11) is 0. The van der Waals surface area contributed by atoms with Gasteiger partial charge >= 0.3 is 0 Å². The molecule has 0 saturated carbocycles. The van der Waals surface area contributed by atoms with Gasteiger partial charge in [-0.05, 0) is 33.1 Å². The molecular formula is C8H8S2. The summed E-state index contributed by atoms with van der Waals surface area (Å²) in [6.45, 7) is 0. The van der Waals surface area contributed by atoms with Crippen LogP contribution in [-0.2, 0) is 0 Å². The molecule has 0 nitrogen and oxygen atoms in total. The molecule has 0 aromatic heterocycles. The van der Waals surface area contributed by atoms with Crippen molar-refractivity contribution in [3.8, 4) is 0 Å². The van der Waals surface area contributed by atoms with Crippen molar-refractivity contribution in [2.24, 2.45) is 0 Å². The van der Waals surface area contributed by atoms with Crippen LogP contribution in [0.25, 0.3) is 0 Å². The summed E-state index contributed by atoms with van der Waals surface area (Å²) in [4.78, 5) is 2.36. The van der Waals surface area contributed by atoms with E-state index in [1.807, 2.05) is 0 Å². The van der Waals surface area contributed by atoms with Crippen molar-refractivity contribution in [3.63, 3.8) is 0 Å². The standard InChI is InChI=1S/C8H8S2/c9-7-1-5-2-8(10)4-6(5)3-7/h1,4,9-10H,2-3H2. The Kier molecular flexibility index (Phi) is 1.46. The second kappa shape index (κ2) is 2.21. The van der Waals surface area contributed by atoms with Crippen LogP contribution in [0, 0.1) is 0 Å². The van der Waals surface area contributed by atoms with Gasteiger partial charge in [0.2, 0.25) is 0 Å². The molecule has 0 unspecified atom stereocenters. The molecule has 0 aromatic carbocycles. The number of thiol groups is 2. The molecule has 0 radical (unpaired) electrons. The molecule has 2 heteroatoms. The van der Waals surface area contributed by atoms with Gasteiger partial charge in [0, 0.05) is 12.8 Å². The van der Waals surface area contributed by atoms with Crippen molar-refractivity contribution in [1.82, 2.24) is 0 Å². The average molecular weight is 168 g/mol. The maximum Gasteiger partial charge on any atom is 0.00350 e. The Morgan fingerprint density at radius 2 is 1.30 bits per heavy atom. The van der Waals surface area contributed by atoms with E-state index in [1.54, 1.807) is 0 Å². The lowest BCUT2D eigenvalue weighted by Gasteiger charge is -1.91. The minimum absolute atomic E-state index is 1.02. The topological polar surface area (TPSA) is 0 Å². The molecule has 0 fully saturated rings. The fraction of sp³-hybridized carbons (Fsp3) is 0.250. The summed E-state index contributed by atoms with van der Waals surface area (Å²) in [6.07, 6.45) is 6.33. The normalized spacial score (nSPS) is 23.0. The van der Waals surface area contributed by atoms with E-state index >= 15 is 0 Å². The first-order valence-electron chi connectivity index (χ1n) is 3.27. The van der Waals surface area contributed by atoms with Crippen molar-refractivity contribution in [2.75, 3.05) is 0 Å². The van der Waals surface area contributed by atoms with Crippen LogP contribution in [0.2, 0.25) is 0 Å². The SMILES string of the molecule is SC1=CC2=C(C=C(S)C2)C1. The molecule has 0 N–H and O–H groups in total. The lowest BCUT2D eigenvalue weighted by molar-refractivity contribution is 1.29. The smallest absolute Gasteiger partial charge is 0.00350 e. The quantitative estimate of drug-likeness (QED) is 0.510. The van der Waals surface area contributed by atoms with E-state index in [4.69, 9.17) is 0 Å². The van der Waals surface area contributed by atoms with Gasteiger partial charge in [0.15, 0.2) is 0 Å². The van der Waals surface area contributed by atoms with E-state index in [0.717, 1.165) is 12.8 Å². The molecule has 0 aliphatic heterocycles. The van der Waals surface area contributed by atoms with Crippen molar-refractivity contribution >= 4 is 25.3 Å². The van der Waals surface area contributed by atoms with E-state index in [0.29, 0.717) is 0 Å². The van der Waals surface area contributed by atoms with Crippen molar-refractivity contribution in [3.05, 3.63) is 33.1 Å². The minimum Gasteiger partial charge on any atom is -0.148 e. The molecule has 52 valence electrons. The zero-order valence-electron chi connectivity index (χ0n) is 5.46.